The first-order valence-corrected chi connectivity index (χ1v) is 8.27. The number of carbonyl (C=O) groups excluding carboxylic acids is 1. The Hall–Kier alpha value is -1.09. The zero-order valence-corrected chi connectivity index (χ0v) is 13.7. The van der Waals surface area contributed by atoms with Crippen LogP contribution in [0.15, 0.2) is 15.6 Å². The van der Waals surface area contributed by atoms with Gasteiger partial charge >= 0.3 is 0 Å². The molecule has 0 spiro atoms. The SMILES string of the molecule is CCC(CC)(CNC(=O)c1cc(S(N)(=O)=O)oc1Cl)OC. The first-order chi connectivity index (χ1) is 9.69. The van der Waals surface area contributed by atoms with Gasteiger partial charge in [-0.2, -0.15) is 0 Å². The van der Waals surface area contributed by atoms with Crippen LogP contribution in [0.2, 0.25) is 5.22 Å². The zero-order chi connectivity index (χ0) is 16.3. The Morgan fingerprint density at radius 1 is 1.48 bits per heavy atom. The molecule has 0 aliphatic rings. The summed E-state index contributed by atoms with van der Waals surface area (Å²) in [6, 6.07) is 0.999. The van der Waals surface area contributed by atoms with Crippen LogP contribution in [0.1, 0.15) is 37.0 Å². The van der Waals surface area contributed by atoms with Gasteiger partial charge in [-0.1, -0.05) is 13.8 Å². The van der Waals surface area contributed by atoms with Crippen LogP contribution in [-0.4, -0.2) is 33.6 Å². The lowest BCUT2D eigenvalue weighted by Gasteiger charge is -2.30. The van der Waals surface area contributed by atoms with Gasteiger partial charge in [-0.3, -0.25) is 4.79 Å². The molecule has 0 bridgehead atoms. The summed E-state index contributed by atoms with van der Waals surface area (Å²) in [6.45, 7) is 4.16. The molecule has 120 valence electrons. The Morgan fingerprint density at radius 3 is 2.43 bits per heavy atom. The van der Waals surface area contributed by atoms with Crippen molar-refractivity contribution in [2.75, 3.05) is 13.7 Å². The zero-order valence-electron chi connectivity index (χ0n) is 12.1. The monoisotopic (exact) mass is 338 g/mol. The van der Waals surface area contributed by atoms with Crippen LogP contribution in [0.25, 0.3) is 0 Å². The highest BCUT2D eigenvalue weighted by atomic mass is 35.5. The summed E-state index contributed by atoms with van der Waals surface area (Å²) >= 11 is 5.72. The van der Waals surface area contributed by atoms with E-state index in [0.29, 0.717) is 12.8 Å². The molecular weight excluding hydrogens is 320 g/mol. The fourth-order valence-corrected chi connectivity index (χ4v) is 2.59. The van der Waals surface area contributed by atoms with Gasteiger partial charge in [-0.25, -0.2) is 13.6 Å². The van der Waals surface area contributed by atoms with Gasteiger partial charge in [-0.15, -0.1) is 0 Å². The van der Waals surface area contributed by atoms with Crippen molar-refractivity contribution < 1.29 is 22.4 Å². The van der Waals surface area contributed by atoms with Crippen molar-refractivity contribution >= 4 is 27.5 Å². The summed E-state index contributed by atoms with van der Waals surface area (Å²) < 4.78 is 32.5. The number of rotatable bonds is 7. The van der Waals surface area contributed by atoms with Gasteiger partial charge < -0.3 is 14.5 Å². The molecule has 0 radical (unpaired) electrons. The molecule has 0 aliphatic carbocycles. The Bertz CT molecular complexity index is 599. The summed E-state index contributed by atoms with van der Waals surface area (Å²) in [5.74, 6) is -0.554. The largest absolute Gasteiger partial charge is 0.431 e. The molecule has 21 heavy (non-hydrogen) atoms. The molecule has 0 aliphatic heterocycles. The van der Waals surface area contributed by atoms with Crippen LogP contribution in [-0.2, 0) is 14.8 Å². The first-order valence-electron chi connectivity index (χ1n) is 6.34. The Morgan fingerprint density at radius 2 is 2.05 bits per heavy atom. The second-order valence-corrected chi connectivity index (χ2v) is 6.41. The Balaban J connectivity index is 2.89. The number of furan rings is 1. The minimum atomic E-state index is -4.05. The molecule has 0 unspecified atom stereocenters. The topological polar surface area (TPSA) is 112 Å². The van der Waals surface area contributed by atoms with Crippen LogP contribution in [0.3, 0.4) is 0 Å². The van der Waals surface area contributed by atoms with E-state index >= 15 is 0 Å². The lowest BCUT2D eigenvalue weighted by molar-refractivity contribution is -0.0147. The van der Waals surface area contributed by atoms with Gasteiger partial charge in [-0.05, 0) is 24.4 Å². The fourth-order valence-electron chi connectivity index (χ4n) is 1.84. The van der Waals surface area contributed by atoms with Crippen molar-refractivity contribution in [1.29, 1.82) is 0 Å². The minimum Gasteiger partial charge on any atom is -0.431 e. The number of ether oxygens (including phenoxy) is 1. The van der Waals surface area contributed by atoms with Crippen LogP contribution in [0.5, 0.6) is 0 Å². The van der Waals surface area contributed by atoms with E-state index in [9.17, 15) is 13.2 Å². The highest BCUT2D eigenvalue weighted by molar-refractivity contribution is 7.89. The highest BCUT2D eigenvalue weighted by Crippen LogP contribution is 2.24. The molecule has 7 nitrogen and oxygen atoms in total. The standard InChI is InChI=1S/C12H19ClN2O5S/c1-4-12(5-2,19-3)7-15-11(16)8-6-9(20-10(8)13)21(14,17)18/h6H,4-5,7H2,1-3H3,(H,15,16)(H2,14,17,18). The average Bonchev–Trinajstić information content (AvgIpc) is 2.83. The molecule has 3 N–H and O–H groups in total. The van der Waals surface area contributed by atoms with E-state index in [4.69, 9.17) is 25.9 Å². The van der Waals surface area contributed by atoms with Gasteiger partial charge in [0.25, 0.3) is 15.9 Å². The lowest BCUT2D eigenvalue weighted by Crippen LogP contribution is -2.43. The van der Waals surface area contributed by atoms with Gasteiger partial charge in [0.05, 0.1) is 11.2 Å². The maximum Gasteiger partial charge on any atom is 0.271 e. The van der Waals surface area contributed by atoms with Gasteiger partial charge in [0.2, 0.25) is 10.3 Å². The summed E-state index contributed by atoms with van der Waals surface area (Å²) in [5, 5.41) is 6.69. The van der Waals surface area contributed by atoms with E-state index in [0.717, 1.165) is 6.07 Å². The quantitative estimate of drug-likeness (QED) is 0.782. The third-order valence-electron chi connectivity index (χ3n) is 3.48. The molecule has 1 amide bonds. The van der Waals surface area contributed by atoms with E-state index in [-0.39, 0.29) is 17.3 Å². The van der Waals surface area contributed by atoms with E-state index in [1.165, 1.54) is 0 Å². The van der Waals surface area contributed by atoms with Crippen LogP contribution in [0.4, 0.5) is 0 Å². The summed E-state index contributed by atoms with van der Waals surface area (Å²) in [6.07, 6.45) is 1.42. The second kappa shape index (κ2) is 6.78. The van der Waals surface area contributed by atoms with Crippen LogP contribution in [0, 0.1) is 0 Å². The molecule has 9 heteroatoms. The Labute approximate surface area is 128 Å². The number of hydrogen-bond acceptors (Lipinski definition) is 5. The predicted molar refractivity (Wildman–Crippen MR) is 77.7 cm³/mol. The highest BCUT2D eigenvalue weighted by Gasteiger charge is 2.28. The van der Waals surface area contributed by atoms with Crippen LogP contribution >= 0.6 is 11.6 Å². The molecular formula is C12H19ClN2O5S. The van der Waals surface area contributed by atoms with Crippen molar-refractivity contribution in [3.63, 3.8) is 0 Å². The number of sulfonamides is 1. The summed E-state index contributed by atoms with van der Waals surface area (Å²) in [5.41, 5.74) is -0.563. The third-order valence-corrected chi connectivity index (χ3v) is 4.52. The van der Waals surface area contributed by atoms with E-state index in [2.05, 4.69) is 5.32 Å². The molecule has 0 saturated heterocycles. The number of halogens is 1. The van der Waals surface area contributed by atoms with Crippen molar-refractivity contribution in [2.24, 2.45) is 5.14 Å². The maximum atomic E-state index is 12.1. The van der Waals surface area contributed by atoms with Gasteiger partial charge in [0, 0.05) is 19.7 Å². The average molecular weight is 339 g/mol. The fraction of sp³-hybridized carbons (Fsp3) is 0.583. The molecule has 1 aromatic rings. The van der Waals surface area contributed by atoms with E-state index in [1.807, 2.05) is 13.8 Å². The van der Waals surface area contributed by atoms with Gasteiger partial charge in [0.15, 0.2) is 0 Å². The second-order valence-electron chi connectivity index (χ2n) is 4.57. The lowest BCUT2D eigenvalue weighted by atomic mass is 9.97. The van der Waals surface area contributed by atoms with E-state index in [1.54, 1.807) is 7.11 Å². The smallest absolute Gasteiger partial charge is 0.271 e. The minimum absolute atomic E-state index is 0.0853. The summed E-state index contributed by atoms with van der Waals surface area (Å²) in [7, 11) is -2.48. The number of nitrogens with one attached hydrogen (secondary N) is 1. The Kier molecular flexibility index (Phi) is 5.80. The molecule has 1 aromatic heterocycles. The number of amides is 1. The van der Waals surface area contributed by atoms with Crippen LogP contribution < -0.4 is 10.5 Å². The predicted octanol–water partition coefficient (Wildman–Crippen LogP) is 1.52. The number of methoxy groups -OCH3 is 1. The summed E-state index contributed by atoms with van der Waals surface area (Å²) in [4.78, 5) is 12.1. The van der Waals surface area contributed by atoms with Crippen molar-refractivity contribution in [3.8, 4) is 0 Å². The first kappa shape index (κ1) is 18.0. The number of carbonyl (C=O) groups is 1. The van der Waals surface area contributed by atoms with Gasteiger partial charge in [0.1, 0.15) is 0 Å². The number of hydrogen-bond donors (Lipinski definition) is 2. The molecule has 0 saturated carbocycles. The molecule has 0 fully saturated rings. The number of nitrogens with two attached hydrogens (primary N) is 1. The maximum absolute atomic E-state index is 12.1. The third kappa shape index (κ3) is 4.19. The number of primary sulfonamides is 1. The van der Waals surface area contributed by atoms with Crippen molar-refractivity contribution in [3.05, 3.63) is 16.8 Å². The molecule has 0 aromatic carbocycles. The normalized spacial score (nSPS) is 12.4. The molecule has 0 atom stereocenters. The van der Waals surface area contributed by atoms with E-state index < -0.39 is 26.6 Å². The molecule has 1 heterocycles. The van der Waals surface area contributed by atoms with Crippen molar-refractivity contribution in [2.45, 2.75) is 37.4 Å². The van der Waals surface area contributed by atoms with Crippen molar-refractivity contribution in [1.82, 2.24) is 5.32 Å². The molecule has 1 rings (SSSR count).